The van der Waals surface area contributed by atoms with E-state index in [4.69, 9.17) is 0 Å². The molecule has 238 valence electrons. The summed E-state index contributed by atoms with van der Waals surface area (Å²) < 4.78 is 0. The second-order valence-electron chi connectivity index (χ2n) is 15.7. The average molecular weight is 632 g/mol. The third kappa shape index (κ3) is 3.71. The first-order valence-electron chi connectivity index (χ1n) is 18.0. The van der Waals surface area contributed by atoms with Gasteiger partial charge in [-0.15, -0.1) is 0 Å². The maximum atomic E-state index is 2.70. The number of hydrogen-bond donors (Lipinski definition) is 0. The fraction of sp³-hybridized carbons (Fsp3) is 0.208. The zero-order valence-electron chi connectivity index (χ0n) is 28.8. The quantitative estimate of drug-likeness (QED) is 0.175. The molecule has 2 aliphatic rings. The van der Waals surface area contributed by atoms with Gasteiger partial charge in [-0.1, -0.05) is 142 Å². The van der Waals surface area contributed by atoms with Crippen molar-refractivity contribution in [1.82, 2.24) is 0 Å². The van der Waals surface area contributed by atoms with E-state index in [1.54, 1.807) is 0 Å². The second-order valence-corrected chi connectivity index (χ2v) is 15.7. The Morgan fingerprint density at radius 2 is 1.12 bits per heavy atom. The topological polar surface area (TPSA) is 3.24 Å². The van der Waals surface area contributed by atoms with Crippen LogP contribution in [0.15, 0.2) is 140 Å². The van der Waals surface area contributed by atoms with Gasteiger partial charge in [0.25, 0.3) is 0 Å². The number of fused-ring (bicyclic) bond motifs is 4. The maximum absolute atomic E-state index is 2.70. The number of anilines is 2. The van der Waals surface area contributed by atoms with Crippen LogP contribution in [0, 0.1) is 5.41 Å². The molecule has 2 unspecified atom stereocenters. The van der Waals surface area contributed by atoms with Crippen LogP contribution in [0.25, 0.3) is 65.3 Å². The number of hydrogen-bond acceptors (Lipinski definition) is 1. The highest BCUT2D eigenvalue weighted by atomic mass is 15.3. The van der Waals surface area contributed by atoms with Crippen LogP contribution in [-0.4, -0.2) is 5.54 Å². The molecular weight excluding hydrogens is 591 g/mol. The molecule has 0 aromatic heterocycles. The molecule has 0 bridgehead atoms. The summed E-state index contributed by atoms with van der Waals surface area (Å²) in [6.45, 7) is 10.1. The molecule has 1 heteroatoms. The first-order valence-corrected chi connectivity index (χ1v) is 18.0. The molecule has 0 amide bonds. The molecule has 1 fully saturated rings. The summed E-state index contributed by atoms with van der Waals surface area (Å²) in [7, 11) is 0. The number of para-hydroxylation sites is 1. The summed E-state index contributed by atoms with van der Waals surface area (Å²) in [5.74, 6) is 0. The monoisotopic (exact) mass is 631 g/mol. The van der Waals surface area contributed by atoms with Crippen molar-refractivity contribution in [3.63, 3.8) is 0 Å². The SMILES string of the molecule is CC1(C)CCCC2(C)c3cc(-c4ccc5ccc6c(-c7cccc8ccccc78)ccc7ccc4c5c76)ccc3N(c3ccccc3)C12C. The number of rotatable bonds is 3. The van der Waals surface area contributed by atoms with Crippen molar-refractivity contribution >= 4 is 54.5 Å². The lowest BCUT2D eigenvalue weighted by atomic mass is 9.51. The van der Waals surface area contributed by atoms with Crippen LogP contribution in [0.1, 0.15) is 52.5 Å². The van der Waals surface area contributed by atoms with E-state index in [-0.39, 0.29) is 16.4 Å². The van der Waals surface area contributed by atoms with Crippen molar-refractivity contribution < 1.29 is 0 Å². The van der Waals surface area contributed by atoms with Gasteiger partial charge in [-0.25, -0.2) is 0 Å². The van der Waals surface area contributed by atoms with Gasteiger partial charge in [0.2, 0.25) is 0 Å². The van der Waals surface area contributed by atoms with Crippen LogP contribution in [0.3, 0.4) is 0 Å². The van der Waals surface area contributed by atoms with Gasteiger partial charge < -0.3 is 4.90 Å². The zero-order valence-corrected chi connectivity index (χ0v) is 28.8. The molecule has 1 heterocycles. The van der Waals surface area contributed by atoms with Gasteiger partial charge in [-0.05, 0) is 120 Å². The van der Waals surface area contributed by atoms with Crippen molar-refractivity contribution in [1.29, 1.82) is 0 Å². The van der Waals surface area contributed by atoms with Crippen LogP contribution >= 0.6 is 0 Å². The first-order chi connectivity index (χ1) is 23.8. The molecule has 1 aliphatic heterocycles. The molecule has 1 aliphatic carbocycles. The third-order valence-electron chi connectivity index (χ3n) is 13.2. The van der Waals surface area contributed by atoms with E-state index in [0.717, 1.165) is 0 Å². The molecule has 8 aromatic rings. The molecule has 1 nitrogen and oxygen atoms in total. The molecule has 0 spiro atoms. The van der Waals surface area contributed by atoms with Crippen LogP contribution < -0.4 is 4.90 Å². The van der Waals surface area contributed by atoms with Gasteiger partial charge in [0.15, 0.2) is 0 Å². The lowest BCUT2D eigenvalue weighted by Crippen LogP contribution is -2.64. The van der Waals surface area contributed by atoms with Crippen LogP contribution in [0.5, 0.6) is 0 Å². The van der Waals surface area contributed by atoms with E-state index in [9.17, 15) is 0 Å². The molecule has 8 aromatic carbocycles. The summed E-state index contributed by atoms with van der Waals surface area (Å²) in [5.41, 5.74) is 9.49. The molecule has 0 saturated heterocycles. The van der Waals surface area contributed by atoms with Crippen molar-refractivity contribution in [3.8, 4) is 22.3 Å². The van der Waals surface area contributed by atoms with Crippen LogP contribution in [-0.2, 0) is 5.41 Å². The summed E-state index contributed by atoms with van der Waals surface area (Å²) in [6, 6.07) is 52.7. The summed E-state index contributed by atoms with van der Waals surface area (Å²) in [6.07, 6.45) is 3.68. The highest BCUT2D eigenvalue weighted by molar-refractivity contribution is 6.28. The standard InChI is InChI=1S/C48H41N/c1-46(2)28-11-29-47(3)42-30-34(22-27-43(42)49(48(46,47)4)35-14-6-5-7-15-35)37-23-18-32-21-26-41-39(24-19-33-20-25-40(37)44(32)45(33)41)38-17-10-13-31-12-8-9-16-36(31)38/h5-10,12-27,30H,11,28-29H2,1-4H3. The lowest BCUT2D eigenvalue weighted by molar-refractivity contribution is 0.0484. The van der Waals surface area contributed by atoms with Crippen molar-refractivity contribution in [3.05, 3.63) is 145 Å². The minimum Gasteiger partial charge on any atom is -0.334 e. The Balaban J connectivity index is 1.20. The second kappa shape index (κ2) is 9.95. The molecule has 0 radical (unpaired) electrons. The van der Waals surface area contributed by atoms with E-state index in [1.807, 2.05) is 0 Å². The highest BCUT2D eigenvalue weighted by Gasteiger charge is 2.64. The molecule has 49 heavy (non-hydrogen) atoms. The molecule has 0 N–H and O–H groups in total. The van der Waals surface area contributed by atoms with Crippen LogP contribution in [0.4, 0.5) is 11.4 Å². The van der Waals surface area contributed by atoms with Gasteiger partial charge in [0, 0.05) is 16.8 Å². The predicted molar refractivity (Wildman–Crippen MR) is 210 cm³/mol. The minimum absolute atomic E-state index is 0.0209. The summed E-state index contributed by atoms with van der Waals surface area (Å²) in [4.78, 5) is 2.70. The largest absolute Gasteiger partial charge is 0.334 e. The highest BCUT2D eigenvalue weighted by Crippen LogP contribution is 2.66. The molecule has 10 rings (SSSR count). The van der Waals surface area contributed by atoms with Gasteiger partial charge in [-0.3, -0.25) is 0 Å². The Hall–Kier alpha value is -5.14. The fourth-order valence-corrected chi connectivity index (χ4v) is 10.4. The molecule has 2 atom stereocenters. The zero-order chi connectivity index (χ0) is 33.1. The van der Waals surface area contributed by atoms with Crippen molar-refractivity contribution in [2.24, 2.45) is 5.41 Å². The maximum Gasteiger partial charge on any atom is 0.0568 e. The lowest BCUT2D eigenvalue weighted by Gasteiger charge is -2.59. The first kappa shape index (κ1) is 28.8. The Labute approximate surface area is 289 Å². The van der Waals surface area contributed by atoms with Gasteiger partial charge in [-0.2, -0.15) is 0 Å². The van der Waals surface area contributed by atoms with E-state index >= 15 is 0 Å². The van der Waals surface area contributed by atoms with Gasteiger partial charge >= 0.3 is 0 Å². The van der Waals surface area contributed by atoms with E-state index in [1.165, 1.54) is 102 Å². The number of nitrogens with zero attached hydrogens (tertiary/aromatic N) is 1. The van der Waals surface area contributed by atoms with Crippen molar-refractivity contribution in [2.75, 3.05) is 4.90 Å². The third-order valence-corrected chi connectivity index (χ3v) is 13.2. The van der Waals surface area contributed by atoms with Crippen molar-refractivity contribution in [2.45, 2.75) is 57.9 Å². The van der Waals surface area contributed by atoms with E-state index < -0.39 is 0 Å². The Bertz CT molecular complexity index is 2590. The summed E-state index contributed by atoms with van der Waals surface area (Å²) in [5, 5.41) is 10.6. The van der Waals surface area contributed by atoms with E-state index in [2.05, 4.69) is 172 Å². The minimum atomic E-state index is -0.0543. The average Bonchev–Trinajstić information content (AvgIpc) is 3.34. The van der Waals surface area contributed by atoms with E-state index in [0.29, 0.717) is 0 Å². The summed E-state index contributed by atoms with van der Waals surface area (Å²) >= 11 is 0. The van der Waals surface area contributed by atoms with Gasteiger partial charge in [0.05, 0.1) is 5.54 Å². The fourth-order valence-electron chi connectivity index (χ4n) is 10.4. The van der Waals surface area contributed by atoms with Crippen LogP contribution in [0.2, 0.25) is 0 Å². The molecule has 1 saturated carbocycles. The normalized spacial score (nSPS) is 21.5. The number of benzene rings is 8. The predicted octanol–water partition coefficient (Wildman–Crippen LogP) is 13.4. The molecular formula is C48H41N. The Morgan fingerprint density at radius 3 is 1.90 bits per heavy atom. The Morgan fingerprint density at radius 1 is 0.490 bits per heavy atom. The Kier molecular flexibility index (Phi) is 5.86. The van der Waals surface area contributed by atoms with Gasteiger partial charge in [0.1, 0.15) is 0 Å². The smallest absolute Gasteiger partial charge is 0.0568 e.